The maximum Gasteiger partial charge on any atom is 0.0992 e. The highest BCUT2D eigenvalue weighted by Gasteiger charge is 2.06. The summed E-state index contributed by atoms with van der Waals surface area (Å²) in [5.74, 6) is 0. The smallest absolute Gasteiger partial charge is 0.0992 e. The fourth-order valence-electron chi connectivity index (χ4n) is 1.60. The lowest BCUT2D eigenvalue weighted by Gasteiger charge is -2.06. The van der Waals surface area contributed by atoms with Gasteiger partial charge in [-0.3, -0.25) is 0 Å². The summed E-state index contributed by atoms with van der Waals surface area (Å²) in [6.07, 6.45) is 0. The summed E-state index contributed by atoms with van der Waals surface area (Å²) in [6, 6.07) is 12.4. The van der Waals surface area contributed by atoms with E-state index in [4.69, 9.17) is 34.2 Å². The Hall–Kier alpha value is -1.69. The SMILES string of the molecule is N#Cc1cc(N)cc(-c2ccc(Cl)cc2Cl)c1. The van der Waals surface area contributed by atoms with E-state index in [1.165, 1.54) is 0 Å². The molecule has 0 saturated heterocycles. The highest BCUT2D eigenvalue weighted by Crippen LogP contribution is 2.31. The number of anilines is 1. The number of benzene rings is 2. The van der Waals surface area contributed by atoms with E-state index in [9.17, 15) is 0 Å². The second kappa shape index (κ2) is 4.67. The van der Waals surface area contributed by atoms with Crippen molar-refractivity contribution in [3.63, 3.8) is 0 Å². The Balaban J connectivity index is 2.61. The molecule has 0 spiro atoms. The van der Waals surface area contributed by atoms with Gasteiger partial charge in [0.25, 0.3) is 0 Å². The molecule has 4 heteroatoms. The van der Waals surface area contributed by atoms with Crippen molar-refractivity contribution in [2.45, 2.75) is 0 Å². The van der Waals surface area contributed by atoms with Crippen molar-refractivity contribution in [2.75, 3.05) is 5.73 Å². The molecule has 0 fully saturated rings. The van der Waals surface area contributed by atoms with E-state index in [-0.39, 0.29) is 0 Å². The molecule has 0 atom stereocenters. The van der Waals surface area contributed by atoms with Gasteiger partial charge in [0.05, 0.1) is 11.6 Å². The summed E-state index contributed by atoms with van der Waals surface area (Å²) in [6.45, 7) is 0. The van der Waals surface area contributed by atoms with Crippen LogP contribution in [0, 0.1) is 11.3 Å². The summed E-state index contributed by atoms with van der Waals surface area (Å²) in [5.41, 5.74) is 8.38. The van der Waals surface area contributed by atoms with Gasteiger partial charge in [0.2, 0.25) is 0 Å². The maximum atomic E-state index is 8.89. The molecule has 0 aliphatic rings. The lowest BCUT2D eigenvalue weighted by molar-refractivity contribution is 1.48. The van der Waals surface area contributed by atoms with Crippen LogP contribution in [0.3, 0.4) is 0 Å². The van der Waals surface area contributed by atoms with Gasteiger partial charge in [0.1, 0.15) is 0 Å². The van der Waals surface area contributed by atoms with Crippen molar-refractivity contribution in [1.29, 1.82) is 5.26 Å². The van der Waals surface area contributed by atoms with E-state index in [0.717, 1.165) is 11.1 Å². The quantitative estimate of drug-likeness (QED) is 0.787. The lowest BCUT2D eigenvalue weighted by Crippen LogP contribution is -1.89. The predicted octanol–water partition coefficient (Wildman–Crippen LogP) is 4.11. The van der Waals surface area contributed by atoms with Crippen LogP contribution in [0.5, 0.6) is 0 Å². The van der Waals surface area contributed by atoms with Crippen LogP contribution >= 0.6 is 23.2 Å². The largest absolute Gasteiger partial charge is 0.399 e. The molecule has 2 rings (SSSR count). The molecule has 0 unspecified atom stereocenters. The Morgan fingerprint density at radius 2 is 1.82 bits per heavy atom. The molecule has 2 aromatic rings. The second-order valence-electron chi connectivity index (χ2n) is 3.58. The normalized spacial score (nSPS) is 9.94. The standard InChI is InChI=1S/C13H8Cl2N2/c14-10-1-2-12(13(15)6-10)9-3-8(7-16)4-11(17)5-9/h1-6H,17H2. The zero-order chi connectivity index (χ0) is 12.4. The van der Waals surface area contributed by atoms with Crippen LogP contribution < -0.4 is 5.73 Å². The minimum absolute atomic E-state index is 0.506. The predicted molar refractivity (Wildman–Crippen MR) is 71.0 cm³/mol. The van der Waals surface area contributed by atoms with Crippen molar-refractivity contribution < 1.29 is 0 Å². The van der Waals surface area contributed by atoms with E-state index in [0.29, 0.717) is 21.3 Å². The van der Waals surface area contributed by atoms with Crippen LogP contribution in [-0.4, -0.2) is 0 Å². The van der Waals surface area contributed by atoms with E-state index < -0.39 is 0 Å². The highest BCUT2D eigenvalue weighted by molar-refractivity contribution is 6.36. The number of hydrogen-bond donors (Lipinski definition) is 1. The summed E-state index contributed by atoms with van der Waals surface area (Å²) in [5, 5.41) is 9.99. The topological polar surface area (TPSA) is 49.8 Å². The molecule has 0 heterocycles. The van der Waals surface area contributed by atoms with Crippen molar-refractivity contribution in [1.82, 2.24) is 0 Å². The van der Waals surface area contributed by atoms with Gasteiger partial charge in [-0.1, -0.05) is 29.3 Å². The molecule has 2 nitrogen and oxygen atoms in total. The van der Waals surface area contributed by atoms with Gasteiger partial charge in [0.15, 0.2) is 0 Å². The molecule has 0 saturated carbocycles. The third kappa shape index (κ3) is 2.52. The van der Waals surface area contributed by atoms with Crippen LogP contribution in [0.4, 0.5) is 5.69 Å². The molecule has 0 radical (unpaired) electrons. The zero-order valence-corrected chi connectivity index (χ0v) is 10.3. The van der Waals surface area contributed by atoms with Gasteiger partial charge in [-0.25, -0.2) is 0 Å². The third-order valence-corrected chi connectivity index (χ3v) is 2.87. The van der Waals surface area contributed by atoms with Gasteiger partial charge < -0.3 is 5.73 Å². The average molecular weight is 263 g/mol. The summed E-state index contributed by atoms with van der Waals surface area (Å²) in [4.78, 5) is 0. The fraction of sp³-hybridized carbons (Fsp3) is 0. The Morgan fingerprint density at radius 1 is 1.06 bits per heavy atom. The first-order valence-electron chi connectivity index (χ1n) is 4.86. The molecular formula is C13H8Cl2N2. The summed E-state index contributed by atoms with van der Waals surface area (Å²) in [7, 11) is 0. The lowest BCUT2D eigenvalue weighted by atomic mass is 10.0. The van der Waals surface area contributed by atoms with E-state index in [2.05, 4.69) is 6.07 Å². The first kappa shape index (κ1) is 11.8. The van der Waals surface area contributed by atoms with Gasteiger partial charge in [-0.15, -0.1) is 0 Å². The molecule has 0 amide bonds. The van der Waals surface area contributed by atoms with Gasteiger partial charge in [-0.05, 0) is 35.9 Å². The molecule has 2 aromatic carbocycles. The Morgan fingerprint density at radius 3 is 2.47 bits per heavy atom. The van der Waals surface area contributed by atoms with Gasteiger partial charge >= 0.3 is 0 Å². The molecule has 0 aliphatic heterocycles. The van der Waals surface area contributed by atoms with Crippen LogP contribution in [0.25, 0.3) is 11.1 Å². The number of rotatable bonds is 1. The number of halogens is 2. The molecule has 0 bridgehead atoms. The number of nitrogens with two attached hydrogens (primary N) is 1. The van der Waals surface area contributed by atoms with Crippen LogP contribution in [0.1, 0.15) is 5.56 Å². The molecule has 17 heavy (non-hydrogen) atoms. The number of hydrogen-bond acceptors (Lipinski definition) is 2. The summed E-state index contributed by atoms with van der Waals surface area (Å²) < 4.78 is 0. The fourth-order valence-corrected chi connectivity index (χ4v) is 2.11. The van der Waals surface area contributed by atoms with E-state index in [1.807, 2.05) is 0 Å². The minimum atomic E-state index is 0.506. The minimum Gasteiger partial charge on any atom is -0.399 e. The average Bonchev–Trinajstić information content (AvgIpc) is 2.28. The van der Waals surface area contributed by atoms with Crippen LogP contribution in [0.15, 0.2) is 36.4 Å². The molecule has 84 valence electrons. The number of nitrogens with zero attached hydrogens (tertiary/aromatic N) is 1. The Bertz CT molecular complexity index is 615. The van der Waals surface area contributed by atoms with Crippen molar-refractivity contribution in [2.24, 2.45) is 0 Å². The third-order valence-electron chi connectivity index (χ3n) is 2.33. The van der Waals surface area contributed by atoms with Crippen molar-refractivity contribution in [3.8, 4) is 17.2 Å². The van der Waals surface area contributed by atoms with Crippen LogP contribution in [-0.2, 0) is 0 Å². The first-order valence-corrected chi connectivity index (χ1v) is 5.62. The van der Waals surface area contributed by atoms with E-state index >= 15 is 0 Å². The van der Waals surface area contributed by atoms with Crippen molar-refractivity contribution in [3.05, 3.63) is 52.0 Å². The molecule has 0 aromatic heterocycles. The monoisotopic (exact) mass is 262 g/mol. The van der Waals surface area contributed by atoms with E-state index in [1.54, 1.807) is 36.4 Å². The van der Waals surface area contributed by atoms with Gasteiger partial charge in [-0.2, -0.15) is 5.26 Å². The second-order valence-corrected chi connectivity index (χ2v) is 4.42. The number of nitriles is 1. The molecule has 2 N–H and O–H groups in total. The molecular weight excluding hydrogens is 255 g/mol. The summed E-state index contributed by atoms with van der Waals surface area (Å²) >= 11 is 11.9. The Kier molecular flexibility index (Phi) is 3.23. The van der Waals surface area contributed by atoms with Gasteiger partial charge in [0, 0.05) is 21.3 Å². The zero-order valence-electron chi connectivity index (χ0n) is 8.74. The number of nitrogen functional groups attached to an aromatic ring is 1. The first-order chi connectivity index (χ1) is 8.10. The maximum absolute atomic E-state index is 8.89. The Labute approximate surface area is 109 Å². The molecule has 0 aliphatic carbocycles. The van der Waals surface area contributed by atoms with Crippen LogP contribution in [0.2, 0.25) is 10.0 Å². The highest BCUT2D eigenvalue weighted by atomic mass is 35.5. The van der Waals surface area contributed by atoms with Crippen molar-refractivity contribution >= 4 is 28.9 Å².